The van der Waals surface area contributed by atoms with Crippen LogP contribution in [0.4, 0.5) is 5.69 Å². The molecule has 160 valence electrons. The van der Waals surface area contributed by atoms with E-state index in [0.717, 1.165) is 16.3 Å². The van der Waals surface area contributed by atoms with Crippen molar-refractivity contribution in [1.29, 1.82) is 0 Å². The van der Waals surface area contributed by atoms with Crippen molar-refractivity contribution in [3.05, 3.63) is 89.0 Å². The third-order valence-electron chi connectivity index (χ3n) is 4.84. The normalized spacial score (nSPS) is 10.6. The van der Waals surface area contributed by atoms with Crippen molar-refractivity contribution in [1.82, 2.24) is 4.98 Å². The van der Waals surface area contributed by atoms with Crippen molar-refractivity contribution in [2.45, 2.75) is 0 Å². The van der Waals surface area contributed by atoms with Crippen molar-refractivity contribution in [3.8, 4) is 17.0 Å². The van der Waals surface area contributed by atoms with E-state index in [2.05, 4.69) is 26.2 Å². The predicted octanol–water partition coefficient (Wildman–Crippen LogP) is 5.47. The lowest BCUT2D eigenvalue weighted by Crippen LogP contribution is -2.20. The van der Waals surface area contributed by atoms with E-state index in [1.807, 2.05) is 42.5 Å². The number of anilines is 1. The Morgan fingerprint density at radius 3 is 2.62 bits per heavy atom. The second-order valence-electron chi connectivity index (χ2n) is 6.90. The highest BCUT2D eigenvalue weighted by Gasteiger charge is 2.14. The second kappa shape index (κ2) is 9.62. The van der Waals surface area contributed by atoms with E-state index < -0.39 is 5.97 Å². The van der Waals surface area contributed by atoms with E-state index in [9.17, 15) is 9.59 Å². The number of nitrogens with zero attached hydrogens (tertiary/aromatic N) is 1. The number of carbonyl (C=O) groups is 2. The fraction of sp³-hybridized carbons (Fsp3) is 0.0800. The summed E-state index contributed by atoms with van der Waals surface area (Å²) in [4.78, 5) is 28.6. The summed E-state index contributed by atoms with van der Waals surface area (Å²) in [7, 11) is 1.31. The molecule has 1 heterocycles. The minimum absolute atomic E-state index is 0.200. The summed E-state index contributed by atoms with van der Waals surface area (Å²) in [6, 6.07) is 22.4. The Hall–Kier alpha value is -3.71. The lowest BCUT2D eigenvalue weighted by atomic mass is 10.0. The largest absolute Gasteiger partial charge is 0.481 e. The molecule has 4 rings (SSSR count). The average Bonchev–Trinajstić information content (AvgIpc) is 2.83. The molecule has 0 aliphatic carbocycles. The van der Waals surface area contributed by atoms with E-state index in [1.165, 1.54) is 7.11 Å². The highest BCUT2D eigenvalue weighted by Crippen LogP contribution is 2.33. The summed E-state index contributed by atoms with van der Waals surface area (Å²) < 4.78 is 11.1. The number of amides is 1. The van der Waals surface area contributed by atoms with Gasteiger partial charge in [0.25, 0.3) is 5.91 Å². The maximum atomic E-state index is 12.5. The third kappa shape index (κ3) is 4.63. The number of pyridine rings is 1. The molecule has 0 unspecified atom stereocenters. The van der Waals surface area contributed by atoms with Gasteiger partial charge in [-0.1, -0.05) is 42.5 Å². The number of halogens is 1. The number of fused-ring (bicyclic) bond motifs is 1. The first kappa shape index (κ1) is 21.5. The van der Waals surface area contributed by atoms with Crippen LogP contribution in [0.2, 0.25) is 0 Å². The molecular formula is C25H19BrN2O4. The van der Waals surface area contributed by atoms with Crippen LogP contribution in [0.15, 0.2) is 83.5 Å². The zero-order chi connectivity index (χ0) is 22.5. The summed E-state index contributed by atoms with van der Waals surface area (Å²) >= 11 is 3.36. The van der Waals surface area contributed by atoms with Gasteiger partial charge < -0.3 is 14.8 Å². The highest BCUT2D eigenvalue weighted by molar-refractivity contribution is 9.10. The maximum absolute atomic E-state index is 12.5. The number of carbonyl (C=O) groups excluding carboxylic acids is 2. The molecule has 0 aliphatic rings. The molecule has 4 aromatic rings. The summed E-state index contributed by atoms with van der Waals surface area (Å²) in [6.45, 7) is -0.200. The van der Waals surface area contributed by atoms with Crippen molar-refractivity contribution < 1.29 is 19.1 Å². The van der Waals surface area contributed by atoms with Crippen LogP contribution < -0.4 is 10.1 Å². The third-order valence-corrected chi connectivity index (χ3v) is 5.49. The fourth-order valence-electron chi connectivity index (χ4n) is 3.33. The van der Waals surface area contributed by atoms with Crippen LogP contribution in [0, 0.1) is 0 Å². The molecule has 6 nitrogen and oxygen atoms in total. The van der Waals surface area contributed by atoms with Crippen molar-refractivity contribution in [2.24, 2.45) is 0 Å². The van der Waals surface area contributed by atoms with E-state index in [-0.39, 0.29) is 12.5 Å². The quantitative estimate of drug-likeness (QED) is 0.362. The van der Waals surface area contributed by atoms with Gasteiger partial charge in [0.15, 0.2) is 6.61 Å². The molecule has 0 bridgehead atoms. The van der Waals surface area contributed by atoms with E-state index in [1.54, 1.807) is 36.5 Å². The second-order valence-corrected chi connectivity index (χ2v) is 7.75. The van der Waals surface area contributed by atoms with Gasteiger partial charge in [-0.05, 0) is 57.0 Å². The molecule has 32 heavy (non-hydrogen) atoms. The number of esters is 1. The van der Waals surface area contributed by atoms with E-state index >= 15 is 0 Å². The minimum Gasteiger partial charge on any atom is -0.481 e. The molecule has 0 aliphatic heterocycles. The van der Waals surface area contributed by atoms with Gasteiger partial charge in [-0.3, -0.25) is 9.78 Å². The smallest absolute Gasteiger partial charge is 0.337 e. The molecule has 0 atom stereocenters. The molecule has 1 N–H and O–H groups in total. The van der Waals surface area contributed by atoms with Crippen LogP contribution in [0.1, 0.15) is 10.4 Å². The Labute approximate surface area is 193 Å². The molecule has 1 aromatic heterocycles. The minimum atomic E-state index is -0.454. The first-order valence-corrected chi connectivity index (χ1v) is 10.6. The first-order chi connectivity index (χ1) is 15.6. The average molecular weight is 491 g/mol. The monoisotopic (exact) mass is 490 g/mol. The molecule has 0 radical (unpaired) electrons. The van der Waals surface area contributed by atoms with Gasteiger partial charge in [0, 0.05) is 16.2 Å². The predicted molar refractivity (Wildman–Crippen MR) is 127 cm³/mol. The number of hydrogen-bond acceptors (Lipinski definition) is 5. The topological polar surface area (TPSA) is 77.5 Å². The van der Waals surface area contributed by atoms with Gasteiger partial charge in [-0.25, -0.2) is 4.79 Å². The summed E-state index contributed by atoms with van der Waals surface area (Å²) in [5, 5.41) is 4.92. The molecule has 7 heteroatoms. The molecule has 1 amide bonds. The molecule has 0 fully saturated rings. The Morgan fingerprint density at radius 1 is 1.00 bits per heavy atom. The lowest BCUT2D eigenvalue weighted by molar-refractivity contribution is -0.118. The van der Waals surface area contributed by atoms with Gasteiger partial charge in [-0.2, -0.15) is 0 Å². The maximum Gasteiger partial charge on any atom is 0.337 e. The van der Waals surface area contributed by atoms with Crippen LogP contribution in [0.25, 0.3) is 22.0 Å². The Bertz CT molecular complexity index is 1300. The van der Waals surface area contributed by atoms with Crippen LogP contribution >= 0.6 is 15.9 Å². The van der Waals surface area contributed by atoms with Crippen molar-refractivity contribution >= 4 is 44.3 Å². The summed E-state index contributed by atoms with van der Waals surface area (Å²) in [5.41, 5.74) is 2.50. The van der Waals surface area contributed by atoms with Gasteiger partial charge in [0.05, 0.1) is 18.4 Å². The molecule has 0 spiro atoms. The van der Waals surface area contributed by atoms with Gasteiger partial charge in [0.1, 0.15) is 11.4 Å². The molecule has 3 aromatic carbocycles. The standard InChI is InChI=1S/C25H19BrN2O4/c1-31-25(30)17-11-12-21(20(26)14-17)28-23(29)15-32-22-10-5-13-27-24(22)19-9-4-7-16-6-2-3-8-18(16)19/h2-14H,15H2,1H3,(H,28,29). The summed E-state index contributed by atoms with van der Waals surface area (Å²) in [5.74, 6) is -0.284. The van der Waals surface area contributed by atoms with E-state index in [0.29, 0.717) is 27.2 Å². The van der Waals surface area contributed by atoms with E-state index in [4.69, 9.17) is 9.47 Å². The Morgan fingerprint density at radius 2 is 1.81 bits per heavy atom. The van der Waals surface area contributed by atoms with Crippen LogP contribution in [-0.4, -0.2) is 30.6 Å². The number of rotatable bonds is 6. The van der Waals surface area contributed by atoms with Crippen LogP contribution in [-0.2, 0) is 9.53 Å². The first-order valence-electron chi connectivity index (χ1n) is 9.80. The number of hydrogen-bond donors (Lipinski definition) is 1. The lowest BCUT2D eigenvalue weighted by Gasteiger charge is -2.13. The number of methoxy groups -OCH3 is 1. The Balaban J connectivity index is 1.51. The van der Waals surface area contributed by atoms with Crippen molar-refractivity contribution in [2.75, 3.05) is 19.0 Å². The van der Waals surface area contributed by atoms with Gasteiger partial charge in [-0.15, -0.1) is 0 Å². The number of benzene rings is 3. The number of nitrogens with one attached hydrogen (secondary N) is 1. The molecule has 0 saturated carbocycles. The van der Waals surface area contributed by atoms with Crippen LogP contribution in [0.5, 0.6) is 5.75 Å². The van der Waals surface area contributed by atoms with Gasteiger partial charge >= 0.3 is 5.97 Å². The molecule has 0 saturated heterocycles. The fourth-order valence-corrected chi connectivity index (χ4v) is 3.81. The zero-order valence-corrected chi connectivity index (χ0v) is 18.8. The Kier molecular flexibility index (Phi) is 6.47. The van der Waals surface area contributed by atoms with Crippen molar-refractivity contribution in [3.63, 3.8) is 0 Å². The summed E-state index contributed by atoms with van der Waals surface area (Å²) in [6.07, 6.45) is 1.70. The number of ether oxygens (including phenoxy) is 2. The molecular weight excluding hydrogens is 472 g/mol. The van der Waals surface area contributed by atoms with Gasteiger partial charge in [0.2, 0.25) is 0 Å². The van der Waals surface area contributed by atoms with Crippen LogP contribution in [0.3, 0.4) is 0 Å². The SMILES string of the molecule is COC(=O)c1ccc(NC(=O)COc2cccnc2-c2cccc3ccccc23)c(Br)c1. The number of aromatic nitrogens is 1. The highest BCUT2D eigenvalue weighted by atomic mass is 79.9. The zero-order valence-electron chi connectivity index (χ0n) is 17.2.